The Kier molecular flexibility index (Phi) is 7.03. The molecule has 6 nitrogen and oxygen atoms in total. The highest BCUT2D eigenvalue weighted by Gasteiger charge is 2.28. The summed E-state index contributed by atoms with van der Waals surface area (Å²) in [6.45, 7) is 1.73. The molecule has 0 spiro atoms. The molecule has 0 radical (unpaired) electrons. The monoisotopic (exact) mass is 374 g/mol. The minimum Gasteiger partial charge on any atom is -0.384 e. The van der Waals surface area contributed by atoms with Gasteiger partial charge in [-0.3, -0.25) is 4.79 Å². The van der Waals surface area contributed by atoms with Gasteiger partial charge in [0.2, 0.25) is 15.9 Å². The number of amides is 1. The van der Waals surface area contributed by atoms with Crippen LogP contribution < -0.4 is 0 Å². The summed E-state index contributed by atoms with van der Waals surface area (Å²) in [6, 6.07) is 7.47. The molecule has 1 heterocycles. The van der Waals surface area contributed by atoms with Crippen LogP contribution in [-0.4, -0.2) is 69.2 Å². The zero-order chi connectivity index (χ0) is 17.6. The van der Waals surface area contributed by atoms with Gasteiger partial charge in [-0.05, 0) is 24.1 Å². The zero-order valence-corrected chi connectivity index (χ0v) is 15.4. The molecule has 24 heavy (non-hydrogen) atoms. The first-order valence-corrected chi connectivity index (χ1v) is 9.90. The van der Waals surface area contributed by atoms with Crippen LogP contribution >= 0.6 is 11.6 Å². The molecular weight excluding hydrogens is 352 g/mol. The molecule has 1 fully saturated rings. The van der Waals surface area contributed by atoms with Gasteiger partial charge >= 0.3 is 0 Å². The third-order valence-corrected chi connectivity index (χ3v) is 6.12. The Morgan fingerprint density at radius 2 is 1.96 bits per heavy atom. The Hall–Kier alpha value is -1.15. The molecule has 0 N–H and O–H groups in total. The normalized spacial score (nSPS) is 16.3. The number of rotatable bonds is 7. The SMILES string of the molecule is COCCS(=O)(=O)N1CCN(C(=O)CCc2cccc(Cl)c2)CC1. The van der Waals surface area contributed by atoms with E-state index in [1.165, 1.54) is 11.4 Å². The van der Waals surface area contributed by atoms with Crippen LogP contribution in [0.1, 0.15) is 12.0 Å². The molecular formula is C16H23ClN2O4S. The van der Waals surface area contributed by atoms with Crippen molar-refractivity contribution in [3.63, 3.8) is 0 Å². The fourth-order valence-corrected chi connectivity index (χ4v) is 4.20. The van der Waals surface area contributed by atoms with Crippen LogP contribution in [-0.2, 0) is 26.0 Å². The fourth-order valence-electron chi connectivity index (χ4n) is 2.64. The molecule has 1 saturated heterocycles. The van der Waals surface area contributed by atoms with E-state index in [-0.39, 0.29) is 18.3 Å². The lowest BCUT2D eigenvalue weighted by Gasteiger charge is -2.34. The van der Waals surface area contributed by atoms with Crippen LogP contribution in [0.5, 0.6) is 0 Å². The van der Waals surface area contributed by atoms with Gasteiger partial charge in [-0.15, -0.1) is 0 Å². The molecule has 0 atom stereocenters. The van der Waals surface area contributed by atoms with Gasteiger partial charge in [-0.25, -0.2) is 8.42 Å². The van der Waals surface area contributed by atoms with Crippen molar-refractivity contribution >= 4 is 27.5 Å². The number of hydrogen-bond donors (Lipinski definition) is 0. The number of carbonyl (C=O) groups is 1. The van der Waals surface area contributed by atoms with Crippen LogP contribution in [0.15, 0.2) is 24.3 Å². The van der Waals surface area contributed by atoms with E-state index < -0.39 is 10.0 Å². The smallest absolute Gasteiger partial charge is 0.222 e. The Morgan fingerprint density at radius 3 is 2.58 bits per heavy atom. The van der Waals surface area contributed by atoms with E-state index in [0.29, 0.717) is 44.0 Å². The molecule has 1 amide bonds. The Balaban J connectivity index is 1.80. The van der Waals surface area contributed by atoms with Gasteiger partial charge in [0.1, 0.15) is 0 Å². The minimum atomic E-state index is -3.30. The lowest BCUT2D eigenvalue weighted by molar-refractivity contribution is -0.132. The standard InChI is InChI=1S/C16H23ClN2O4S/c1-23-11-12-24(21,22)19-9-7-18(8-10-19)16(20)6-5-14-3-2-4-15(17)13-14/h2-4,13H,5-12H2,1H3. The maximum absolute atomic E-state index is 12.3. The third-order valence-electron chi connectivity index (χ3n) is 4.05. The highest BCUT2D eigenvalue weighted by atomic mass is 35.5. The molecule has 1 aromatic rings. The number of halogens is 1. The summed E-state index contributed by atoms with van der Waals surface area (Å²) in [5.74, 6) is 0.0237. The van der Waals surface area contributed by atoms with Gasteiger partial charge in [-0.1, -0.05) is 23.7 Å². The first kappa shape index (κ1) is 19.2. The molecule has 0 bridgehead atoms. The van der Waals surface area contributed by atoms with Crippen molar-refractivity contribution in [3.8, 4) is 0 Å². The molecule has 0 unspecified atom stereocenters. The van der Waals surface area contributed by atoms with Gasteiger partial charge < -0.3 is 9.64 Å². The van der Waals surface area contributed by atoms with Crippen molar-refractivity contribution in [2.75, 3.05) is 45.6 Å². The Morgan fingerprint density at radius 1 is 1.25 bits per heavy atom. The molecule has 1 aromatic carbocycles. The zero-order valence-electron chi connectivity index (χ0n) is 13.8. The minimum absolute atomic E-state index is 0.0216. The summed E-state index contributed by atoms with van der Waals surface area (Å²) in [7, 11) is -1.82. The van der Waals surface area contributed by atoms with E-state index in [0.717, 1.165) is 5.56 Å². The van der Waals surface area contributed by atoms with E-state index in [1.807, 2.05) is 18.2 Å². The largest absolute Gasteiger partial charge is 0.384 e. The molecule has 134 valence electrons. The summed E-state index contributed by atoms with van der Waals surface area (Å²) in [5, 5.41) is 0.662. The Bertz CT molecular complexity index is 658. The molecule has 1 aliphatic rings. The Labute approximate surface area is 148 Å². The average Bonchev–Trinajstić information content (AvgIpc) is 2.58. The lowest BCUT2D eigenvalue weighted by atomic mass is 10.1. The quantitative estimate of drug-likeness (QED) is 0.723. The maximum Gasteiger partial charge on any atom is 0.222 e. The summed E-state index contributed by atoms with van der Waals surface area (Å²) in [4.78, 5) is 14.0. The molecule has 2 rings (SSSR count). The number of hydrogen-bond acceptors (Lipinski definition) is 4. The van der Waals surface area contributed by atoms with Crippen LogP contribution in [0.2, 0.25) is 5.02 Å². The number of methoxy groups -OCH3 is 1. The molecule has 0 aliphatic carbocycles. The second kappa shape index (κ2) is 8.80. The number of nitrogens with zero attached hydrogens (tertiary/aromatic N) is 2. The van der Waals surface area contributed by atoms with Crippen molar-refractivity contribution in [2.45, 2.75) is 12.8 Å². The number of carbonyl (C=O) groups excluding carboxylic acids is 1. The van der Waals surface area contributed by atoms with Crippen LogP contribution in [0.25, 0.3) is 0 Å². The molecule has 0 saturated carbocycles. The van der Waals surface area contributed by atoms with Crippen LogP contribution in [0.3, 0.4) is 0 Å². The van der Waals surface area contributed by atoms with Crippen molar-refractivity contribution in [2.24, 2.45) is 0 Å². The summed E-state index contributed by atoms with van der Waals surface area (Å²) in [6.07, 6.45) is 1.03. The predicted molar refractivity (Wildman–Crippen MR) is 93.6 cm³/mol. The van der Waals surface area contributed by atoms with E-state index >= 15 is 0 Å². The number of ether oxygens (including phenoxy) is 1. The number of aryl methyl sites for hydroxylation is 1. The van der Waals surface area contributed by atoms with Gasteiger partial charge in [-0.2, -0.15) is 4.31 Å². The number of sulfonamides is 1. The second-order valence-corrected chi connectivity index (χ2v) is 8.24. The van der Waals surface area contributed by atoms with Gasteiger partial charge in [0.05, 0.1) is 12.4 Å². The fraction of sp³-hybridized carbons (Fsp3) is 0.562. The van der Waals surface area contributed by atoms with Crippen molar-refractivity contribution in [1.82, 2.24) is 9.21 Å². The first-order chi connectivity index (χ1) is 11.4. The van der Waals surface area contributed by atoms with Crippen molar-refractivity contribution in [3.05, 3.63) is 34.9 Å². The van der Waals surface area contributed by atoms with E-state index in [2.05, 4.69) is 0 Å². The second-order valence-electron chi connectivity index (χ2n) is 5.72. The molecule has 0 aromatic heterocycles. The molecule has 8 heteroatoms. The van der Waals surface area contributed by atoms with Crippen molar-refractivity contribution < 1.29 is 17.9 Å². The average molecular weight is 375 g/mol. The van der Waals surface area contributed by atoms with Crippen molar-refractivity contribution in [1.29, 1.82) is 0 Å². The number of benzene rings is 1. The third kappa shape index (κ3) is 5.44. The van der Waals surface area contributed by atoms with E-state index in [9.17, 15) is 13.2 Å². The predicted octanol–water partition coefficient (Wildman–Crippen LogP) is 1.39. The van der Waals surface area contributed by atoms with Crippen LogP contribution in [0, 0.1) is 0 Å². The molecule has 1 aliphatic heterocycles. The highest BCUT2D eigenvalue weighted by molar-refractivity contribution is 7.89. The summed E-state index contributed by atoms with van der Waals surface area (Å²) >= 11 is 5.94. The van der Waals surface area contributed by atoms with Gasteiger partial charge in [0.25, 0.3) is 0 Å². The highest BCUT2D eigenvalue weighted by Crippen LogP contribution is 2.14. The van der Waals surface area contributed by atoms with E-state index in [1.54, 1.807) is 11.0 Å². The summed E-state index contributed by atoms with van der Waals surface area (Å²) in [5.41, 5.74) is 1.02. The first-order valence-electron chi connectivity index (χ1n) is 7.91. The van der Waals surface area contributed by atoms with Crippen LogP contribution in [0.4, 0.5) is 0 Å². The van der Waals surface area contributed by atoms with E-state index in [4.69, 9.17) is 16.3 Å². The number of piperazine rings is 1. The van der Waals surface area contributed by atoms with Gasteiger partial charge in [0.15, 0.2) is 0 Å². The lowest BCUT2D eigenvalue weighted by Crippen LogP contribution is -2.51. The van der Waals surface area contributed by atoms with Gasteiger partial charge in [0, 0.05) is 44.7 Å². The maximum atomic E-state index is 12.3. The topological polar surface area (TPSA) is 66.9 Å². The summed E-state index contributed by atoms with van der Waals surface area (Å²) < 4.78 is 30.5.